The molecule has 0 spiro atoms. The van der Waals surface area contributed by atoms with Crippen LogP contribution in [0.25, 0.3) is 5.65 Å². The summed E-state index contributed by atoms with van der Waals surface area (Å²) in [4.78, 5) is 19.1. The van der Waals surface area contributed by atoms with Gasteiger partial charge in [-0.3, -0.25) is 4.79 Å². The van der Waals surface area contributed by atoms with Gasteiger partial charge in [0.2, 0.25) is 5.91 Å². The van der Waals surface area contributed by atoms with Crippen molar-refractivity contribution >= 4 is 17.4 Å². The summed E-state index contributed by atoms with van der Waals surface area (Å²) in [6, 6.07) is 13.1. The number of carbonyl (C=O) groups excluding carboxylic acids is 1. The average Bonchev–Trinajstić information content (AvgIpc) is 2.99. The second-order valence-electron chi connectivity index (χ2n) is 7.00. The first-order valence-corrected chi connectivity index (χ1v) is 8.76. The van der Waals surface area contributed by atoms with Crippen LogP contribution in [0.2, 0.25) is 0 Å². The van der Waals surface area contributed by atoms with Gasteiger partial charge in [-0.15, -0.1) is 0 Å². The maximum Gasteiger partial charge on any atom is 0.249 e. The Bertz CT molecular complexity index is 915. The molecule has 136 valence electrons. The molecule has 0 fully saturated rings. The van der Waals surface area contributed by atoms with E-state index in [1.807, 2.05) is 49.4 Å². The monoisotopic (exact) mass is 351 g/mol. The molecule has 0 aliphatic rings. The zero-order valence-corrected chi connectivity index (χ0v) is 15.9. The molecular weight excluding hydrogens is 326 g/mol. The minimum atomic E-state index is -0.499. The van der Waals surface area contributed by atoms with Crippen LogP contribution < -0.4 is 5.32 Å². The van der Waals surface area contributed by atoms with Crippen molar-refractivity contribution in [1.82, 2.24) is 19.5 Å². The molecule has 1 unspecified atom stereocenters. The summed E-state index contributed by atoms with van der Waals surface area (Å²) in [5.41, 5.74) is 3.53. The van der Waals surface area contributed by atoms with Crippen molar-refractivity contribution in [2.24, 2.45) is 0 Å². The van der Waals surface area contributed by atoms with Crippen LogP contribution >= 0.6 is 0 Å². The predicted octanol–water partition coefficient (Wildman–Crippen LogP) is 3.40. The Morgan fingerprint density at radius 1 is 1.15 bits per heavy atom. The van der Waals surface area contributed by atoms with Crippen molar-refractivity contribution in [3.05, 3.63) is 59.4 Å². The van der Waals surface area contributed by atoms with Gasteiger partial charge in [0.25, 0.3) is 0 Å². The Hall–Kier alpha value is -2.89. The Labute approximate surface area is 153 Å². The smallest absolute Gasteiger partial charge is 0.249 e. The van der Waals surface area contributed by atoms with Crippen molar-refractivity contribution in [2.45, 2.75) is 32.7 Å². The molecule has 0 saturated carbocycles. The summed E-state index contributed by atoms with van der Waals surface area (Å²) >= 11 is 0. The minimum absolute atomic E-state index is 0.0175. The number of hydrogen-bond acceptors (Lipinski definition) is 4. The molecule has 6 nitrogen and oxygen atoms in total. The van der Waals surface area contributed by atoms with Crippen LogP contribution in [0.4, 0.5) is 5.82 Å². The third-order valence-corrected chi connectivity index (χ3v) is 4.27. The Balaban J connectivity index is 2.10. The number of carbonyl (C=O) groups is 1. The fourth-order valence-corrected chi connectivity index (χ4v) is 2.85. The lowest BCUT2D eigenvalue weighted by Crippen LogP contribution is -2.33. The van der Waals surface area contributed by atoms with Crippen LogP contribution in [0, 0.1) is 6.92 Å². The van der Waals surface area contributed by atoms with E-state index >= 15 is 0 Å². The standard InChI is InChI=1S/C20H25N5O/c1-13(2)16-12-18(25-17(21-16)11-14(3)23-25)22-19(20(26)24(4)5)15-9-7-6-8-10-15/h6-13,19,22H,1-5H3. The molecule has 1 N–H and O–H groups in total. The van der Waals surface area contributed by atoms with E-state index < -0.39 is 6.04 Å². The van der Waals surface area contributed by atoms with Crippen LogP contribution in [0.5, 0.6) is 0 Å². The number of benzene rings is 1. The highest BCUT2D eigenvalue weighted by atomic mass is 16.2. The summed E-state index contributed by atoms with van der Waals surface area (Å²) in [5.74, 6) is 1.02. The number of aromatic nitrogens is 3. The lowest BCUT2D eigenvalue weighted by atomic mass is 10.1. The first-order chi connectivity index (χ1) is 12.4. The Kier molecular flexibility index (Phi) is 4.93. The molecule has 3 aromatic rings. The molecule has 6 heteroatoms. The molecule has 1 atom stereocenters. The number of nitrogens with one attached hydrogen (secondary N) is 1. The van der Waals surface area contributed by atoms with Gasteiger partial charge in [0.1, 0.15) is 11.9 Å². The normalized spacial score (nSPS) is 12.4. The SMILES string of the molecule is Cc1cc2nc(C(C)C)cc(NC(C(=O)N(C)C)c3ccccc3)n2n1. The van der Waals surface area contributed by atoms with Crippen molar-refractivity contribution in [1.29, 1.82) is 0 Å². The number of likely N-dealkylation sites (N-methyl/N-ethyl adjacent to an activating group) is 1. The molecule has 1 aromatic carbocycles. The molecular formula is C20H25N5O. The highest BCUT2D eigenvalue weighted by Crippen LogP contribution is 2.25. The average molecular weight is 351 g/mol. The number of fused-ring (bicyclic) bond motifs is 1. The van der Waals surface area contributed by atoms with E-state index in [2.05, 4.69) is 29.2 Å². The van der Waals surface area contributed by atoms with Crippen molar-refractivity contribution < 1.29 is 4.79 Å². The molecule has 0 bridgehead atoms. The van der Waals surface area contributed by atoms with E-state index in [0.29, 0.717) is 0 Å². The van der Waals surface area contributed by atoms with Crippen molar-refractivity contribution in [3.8, 4) is 0 Å². The summed E-state index contributed by atoms with van der Waals surface area (Å²) < 4.78 is 1.76. The van der Waals surface area contributed by atoms with E-state index in [9.17, 15) is 4.79 Å². The maximum atomic E-state index is 12.8. The second kappa shape index (κ2) is 7.15. The zero-order valence-electron chi connectivity index (χ0n) is 15.9. The topological polar surface area (TPSA) is 62.5 Å². The molecule has 26 heavy (non-hydrogen) atoms. The fourth-order valence-electron chi connectivity index (χ4n) is 2.85. The van der Waals surface area contributed by atoms with Crippen molar-refractivity contribution in [3.63, 3.8) is 0 Å². The van der Waals surface area contributed by atoms with Gasteiger partial charge < -0.3 is 10.2 Å². The molecule has 0 saturated heterocycles. The van der Waals surface area contributed by atoms with E-state index in [0.717, 1.165) is 28.4 Å². The molecule has 1 amide bonds. The molecule has 0 aliphatic heterocycles. The number of hydrogen-bond donors (Lipinski definition) is 1. The van der Waals surface area contributed by atoms with Gasteiger partial charge in [-0.05, 0) is 18.4 Å². The quantitative estimate of drug-likeness (QED) is 0.765. The van der Waals surface area contributed by atoms with Gasteiger partial charge in [0, 0.05) is 31.9 Å². The molecule has 3 rings (SSSR count). The Morgan fingerprint density at radius 2 is 1.85 bits per heavy atom. The third kappa shape index (κ3) is 3.54. The van der Waals surface area contributed by atoms with Crippen LogP contribution in [0.1, 0.15) is 42.8 Å². The number of aryl methyl sites for hydroxylation is 1. The summed E-state index contributed by atoms with van der Waals surface area (Å²) in [7, 11) is 3.53. The fraction of sp³-hybridized carbons (Fsp3) is 0.350. The van der Waals surface area contributed by atoms with Gasteiger partial charge in [-0.1, -0.05) is 44.2 Å². The minimum Gasteiger partial charge on any atom is -0.355 e. The largest absolute Gasteiger partial charge is 0.355 e. The van der Waals surface area contributed by atoms with E-state index in [1.54, 1.807) is 23.5 Å². The molecule has 2 aromatic heterocycles. The predicted molar refractivity (Wildman–Crippen MR) is 103 cm³/mol. The summed E-state index contributed by atoms with van der Waals surface area (Å²) in [6.45, 7) is 6.14. The number of nitrogens with zero attached hydrogens (tertiary/aromatic N) is 4. The first kappa shape index (κ1) is 17.9. The van der Waals surface area contributed by atoms with E-state index in [1.165, 1.54) is 0 Å². The molecule has 0 aliphatic carbocycles. The van der Waals surface area contributed by atoms with Gasteiger partial charge in [0.15, 0.2) is 5.65 Å². The lowest BCUT2D eigenvalue weighted by molar-refractivity contribution is -0.129. The third-order valence-electron chi connectivity index (χ3n) is 4.27. The first-order valence-electron chi connectivity index (χ1n) is 8.76. The van der Waals surface area contributed by atoms with Crippen LogP contribution in [0.15, 0.2) is 42.5 Å². The van der Waals surface area contributed by atoms with Crippen LogP contribution in [-0.2, 0) is 4.79 Å². The van der Waals surface area contributed by atoms with Crippen molar-refractivity contribution in [2.75, 3.05) is 19.4 Å². The van der Waals surface area contributed by atoms with Crippen LogP contribution in [-0.4, -0.2) is 39.5 Å². The maximum absolute atomic E-state index is 12.8. The van der Waals surface area contributed by atoms with Gasteiger partial charge in [0.05, 0.1) is 5.69 Å². The lowest BCUT2D eigenvalue weighted by Gasteiger charge is -2.23. The summed E-state index contributed by atoms with van der Waals surface area (Å²) in [6.07, 6.45) is 0. The highest BCUT2D eigenvalue weighted by Gasteiger charge is 2.24. The van der Waals surface area contributed by atoms with E-state index in [4.69, 9.17) is 0 Å². The number of rotatable bonds is 5. The second-order valence-corrected chi connectivity index (χ2v) is 7.00. The van der Waals surface area contributed by atoms with Crippen LogP contribution in [0.3, 0.4) is 0 Å². The molecule has 2 heterocycles. The summed E-state index contributed by atoms with van der Waals surface area (Å²) in [5, 5.41) is 7.93. The van der Waals surface area contributed by atoms with E-state index in [-0.39, 0.29) is 11.8 Å². The Morgan fingerprint density at radius 3 is 2.46 bits per heavy atom. The number of anilines is 1. The zero-order chi connectivity index (χ0) is 18.8. The van der Waals surface area contributed by atoms with Gasteiger partial charge in [-0.25, -0.2) is 4.98 Å². The molecule has 0 radical (unpaired) electrons. The highest BCUT2D eigenvalue weighted by molar-refractivity contribution is 5.85. The van der Waals surface area contributed by atoms with Gasteiger partial charge in [-0.2, -0.15) is 9.61 Å². The number of amides is 1. The van der Waals surface area contributed by atoms with Gasteiger partial charge >= 0.3 is 0 Å².